The lowest BCUT2D eigenvalue weighted by Gasteiger charge is -2.11. The van der Waals surface area contributed by atoms with Gasteiger partial charge in [-0.05, 0) is 43.2 Å². The third-order valence-corrected chi connectivity index (χ3v) is 5.53. The van der Waals surface area contributed by atoms with Crippen molar-refractivity contribution in [2.45, 2.75) is 19.2 Å². The molecule has 0 spiro atoms. The lowest BCUT2D eigenvalue weighted by molar-refractivity contribution is 1.14. The Morgan fingerprint density at radius 2 is 1.88 bits per heavy atom. The summed E-state index contributed by atoms with van der Waals surface area (Å²) in [6, 6.07) is 8.29. The molecule has 90 valence electrons. The molecule has 0 amide bonds. The number of aryl methyl sites for hydroxylation is 2. The van der Waals surface area contributed by atoms with Gasteiger partial charge in [0.2, 0.25) is 0 Å². The van der Waals surface area contributed by atoms with Crippen LogP contribution in [-0.2, 0) is 0 Å². The Morgan fingerprint density at radius 3 is 2.41 bits per heavy atom. The monoisotopic (exact) mass is 392 g/mol. The number of hydrogen-bond donors (Lipinski definition) is 0. The van der Waals surface area contributed by atoms with Crippen LogP contribution in [0.2, 0.25) is 0 Å². The van der Waals surface area contributed by atoms with Crippen LogP contribution in [0.3, 0.4) is 0 Å². The molecular formula is C13H11Br2ClS. The molecule has 0 saturated carbocycles. The molecule has 0 aliphatic heterocycles. The molecular weight excluding hydrogens is 383 g/mol. The van der Waals surface area contributed by atoms with Crippen molar-refractivity contribution in [3.8, 4) is 0 Å². The van der Waals surface area contributed by atoms with E-state index in [1.54, 1.807) is 11.3 Å². The maximum atomic E-state index is 6.57. The number of rotatable bonds is 2. The molecule has 1 aromatic heterocycles. The van der Waals surface area contributed by atoms with Gasteiger partial charge >= 0.3 is 0 Å². The minimum absolute atomic E-state index is 0.0869. The minimum Gasteiger partial charge on any atom is -0.143 e. The average Bonchev–Trinajstić information content (AvgIpc) is 2.57. The van der Waals surface area contributed by atoms with Crippen LogP contribution in [0, 0.1) is 13.8 Å². The van der Waals surface area contributed by atoms with Gasteiger partial charge in [-0.25, -0.2) is 0 Å². The Morgan fingerprint density at radius 1 is 1.18 bits per heavy atom. The van der Waals surface area contributed by atoms with Crippen molar-refractivity contribution < 1.29 is 0 Å². The second-order valence-corrected chi connectivity index (χ2v) is 7.43. The molecule has 0 saturated heterocycles. The van der Waals surface area contributed by atoms with Gasteiger partial charge in [-0.3, -0.25) is 0 Å². The van der Waals surface area contributed by atoms with Crippen molar-refractivity contribution in [2.24, 2.45) is 0 Å². The SMILES string of the molecule is Cc1cc(C)c(C(Cl)c2ccc(Br)cc2Br)s1. The molecule has 1 aromatic carbocycles. The first kappa shape index (κ1) is 13.6. The molecule has 1 atom stereocenters. The molecule has 0 radical (unpaired) electrons. The molecule has 2 aromatic rings. The van der Waals surface area contributed by atoms with Gasteiger partial charge in [-0.1, -0.05) is 37.9 Å². The van der Waals surface area contributed by atoms with Crippen molar-refractivity contribution in [2.75, 3.05) is 0 Å². The number of alkyl halides is 1. The summed E-state index contributed by atoms with van der Waals surface area (Å²) in [6.45, 7) is 4.22. The Bertz CT molecular complexity index is 548. The van der Waals surface area contributed by atoms with Crippen LogP contribution in [0.25, 0.3) is 0 Å². The maximum absolute atomic E-state index is 6.57. The molecule has 0 aliphatic rings. The van der Waals surface area contributed by atoms with Gasteiger partial charge in [0.05, 0.1) is 5.38 Å². The van der Waals surface area contributed by atoms with Gasteiger partial charge in [0.1, 0.15) is 0 Å². The lowest BCUT2D eigenvalue weighted by Crippen LogP contribution is -1.93. The van der Waals surface area contributed by atoms with Crippen LogP contribution in [-0.4, -0.2) is 0 Å². The summed E-state index contributed by atoms with van der Waals surface area (Å²) in [5.74, 6) is 0. The summed E-state index contributed by atoms with van der Waals surface area (Å²) in [6.07, 6.45) is 0. The van der Waals surface area contributed by atoms with Crippen LogP contribution >= 0.6 is 54.8 Å². The highest BCUT2D eigenvalue weighted by Crippen LogP contribution is 2.39. The third kappa shape index (κ3) is 2.95. The van der Waals surface area contributed by atoms with Crippen molar-refractivity contribution in [3.05, 3.63) is 54.1 Å². The fraction of sp³-hybridized carbons (Fsp3) is 0.231. The molecule has 0 aliphatic carbocycles. The van der Waals surface area contributed by atoms with Gasteiger partial charge < -0.3 is 0 Å². The quantitative estimate of drug-likeness (QED) is 0.531. The van der Waals surface area contributed by atoms with E-state index in [9.17, 15) is 0 Å². The molecule has 17 heavy (non-hydrogen) atoms. The molecule has 4 heteroatoms. The van der Waals surface area contributed by atoms with E-state index in [2.05, 4.69) is 57.8 Å². The standard InChI is InChI=1S/C13H11Br2ClS/c1-7-5-8(2)17-13(7)12(16)10-4-3-9(14)6-11(10)15/h3-6,12H,1-2H3. The first-order valence-corrected chi connectivity index (χ1v) is 7.99. The maximum Gasteiger partial charge on any atom is 0.0941 e. The normalized spacial score (nSPS) is 12.8. The summed E-state index contributed by atoms with van der Waals surface area (Å²) in [7, 11) is 0. The summed E-state index contributed by atoms with van der Waals surface area (Å²) >= 11 is 15.4. The van der Waals surface area contributed by atoms with Crippen LogP contribution in [0.15, 0.2) is 33.2 Å². The van der Waals surface area contributed by atoms with Crippen molar-refractivity contribution >= 4 is 54.8 Å². The zero-order valence-electron chi connectivity index (χ0n) is 9.43. The first-order chi connectivity index (χ1) is 7.99. The highest BCUT2D eigenvalue weighted by Gasteiger charge is 2.18. The van der Waals surface area contributed by atoms with Crippen LogP contribution in [0.1, 0.15) is 26.3 Å². The van der Waals surface area contributed by atoms with E-state index in [1.165, 1.54) is 15.3 Å². The molecule has 1 unspecified atom stereocenters. The van der Waals surface area contributed by atoms with Crippen LogP contribution in [0.5, 0.6) is 0 Å². The third-order valence-electron chi connectivity index (χ3n) is 2.55. The number of thiophene rings is 1. The van der Waals surface area contributed by atoms with Gasteiger partial charge in [0, 0.05) is 18.7 Å². The Labute approximate surface area is 127 Å². The second-order valence-electron chi connectivity index (χ2n) is 3.93. The molecule has 2 rings (SSSR count). The van der Waals surface area contributed by atoms with Crippen LogP contribution < -0.4 is 0 Å². The Balaban J connectivity index is 2.43. The molecule has 0 fully saturated rings. The topological polar surface area (TPSA) is 0 Å². The second kappa shape index (κ2) is 5.43. The average molecular weight is 395 g/mol. The fourth-order valence-electron chi connectivity index (χ4n) is 1.76. The molecule has 0 nitrogen and oxygen atoms in total. The predicted molar refractivity (Wildman–Crippen MR) is 83.3 cm³/mol. The summed E-state index contributed by atoms with van der Waals surface area (Å²) in [4.78, 5) is 2.53. The van der Waals surface area contributed by atoms with Gasteiger partial charge in [-0.15, -0.1) is 22.9 Å². The minimum atomic E-state index is -0.0869. The molecule has 0 N–H and O–H groups in total. The highest BCUT2D eigenvalue weighted by atomic mass is 79.9. The molecule has 0 bridgehead atoms. The van der Waals surface area contributed by atoms with Crippen molar-refractivity contribution in [1.29, 1.82) is 0 Å². The van der Waals surface area contributed by atoms with Crippen molar-refractivity contribution in [1.82, 2.24) is 0 Å². The van der Waals surface area contributed by atoms with E-state index in [4.69, 9.17) is 11.6 Å². The highest BCUT2D eigenvalue weighted by molar-refractivity contribution is 9.11. The molecule has 1 heterocycles. The van der Waals surface area contributed by atoms with Crippen LogP contribution in [0.4, 0.5) is 0 Å². The zero-order chi connectivity index (χ0) is 12.6. The smallest absolute Gasteiger partial charge is 0.0941 e. The number of benzene rings is 1. The van der Waals surface area contributed by atoms with E-state index >= 15 is 0 Å². The predicted octanol–water partition coefficient (Wildman–Crippen LogP) is 6.22. The summed E-state index contributed by atoms with van der Waals surface area (Å²) < 4.78 is 2.09. The van der Waals surface area contributed by atoms with E-state index in [0.29, 0.717) is 0 Å². The lowest BCUT2D eigenvalue weighted by atomic mass is 10.1. The summed E-state index contributed by atoms with van der Waals surface area (Å²) in [5, 5.41) is -0.0869. The van der Waals surface area contributed by atoms with E-state index in [-0.39, 0.29) is 5.38 Å². The Kier molecular flexibility index (Phi) is 4.35. The van der Waals surface area contributed by atoms with E-state index in [0.717, 1.165) is 14.5 Å². The van der Waals surface area contributed by atoms with E-state index in [1.807, 2.05) is 12.1 Å². The number of hydrogen-bond acceptors (Lipinski definition) is 1. The largest absolute Gasteiger partial charge is 0.143 e. The van der Waals surface area contributed by atoms with Gasteiger partial charge in [0.25, 0.3) is 0 Å². The first-order valence-electron chi connectivity index (χ1n) is 5.15. The van der Waals surface area contributed by atoms with Gasteiger partial charge in [-0.2, -0.15) is 0 Å². The zero-order valence-corrected chi connectivity index (χ0v) is 14.2. The van der Waals surface area contributed by atoms with Crippen molar-refractivity contribution in [3.63, 3.8) is 0 Å². The van der Waals surface area contributed by atoms with E-state index < -0.39 is 0 Å². The Hall–Kier alpha value is 0.170. The fourth-order valence-corrected chi connectivity index (χ4v) is 4.70. The number of halogens is 3. The van der Waals surface area contributed by atoms with Gasteiger partial charge in [0.15, 0.2) is 0 Å². The summed E-state index contributed by atoms with van der Waals surface area (Å²) in [5.41, 5.74) is 2.38.